The van der Waals surface area contributed by atoms with E-state index in [4.69, 9.17) is 4.74 Å². The highest BCUT2D eigenvalue weighted by Crippen LogP contribution is 2.24. The van der Waals surface area contributed by atoms with Crippen LogP contribution in [0.3, 0.4) is 0 Å². The highest BCUT2D eigenvalue weighted by atomic mass is 16.5. The monoisotopic (exact) mass is 324 g/mol. The fraction of sp³-hybridized carbons (Fsp3) is 0.200. The fourth-order valence-electron chi connectivity index (χ4n) is 2.10. The highest BCUT2D eigenvalue weighted by molar-refractivity contribution is 5.87. The minimum absolute atomic E-state index is 0.218. The summed E-state index contributed by atoms with van der Waals surface area (Å²) in [5.41, 5.74) is 1.36. The normalized spacial score (nSPS) is 11.4. The molecule has 0 saturated carbocycles. The van der Waals surface area contributed by atoms with Crippen LogP contribution in [0.4, 0.5) is 0 Å². The predicted molar refractivity (Wildman–Crippen MR) is 92.4 cm³/mol. The zero-order valence-corrected chi connectivity index (χ0v) is 13.7. The van der Waals surface area contributed by atoms with Crippen molar-refractivity contribution in [3.05, 3.63) is 77.4 Å². The van der Waals surface area contributed by atoms with Crippen LogP contribution in [0.15, 0.2) is 60.7 Å². The summed E-state index contributed by atoms with van der Waals surface area (Å²) >= 11 is 0. The van der Waals surface area contributed by atoms with Crippen molar-refractivity contribution in [3.8, 4) is 0 Å². The van der Waals surface area contributed by atoms with Gasteiger partial charge >= 0.3 is 11.9 Å². The van der Waals surface area contributed by atoms with Crippen molar-refractivity contribution in [2.45, 2.75) is 25.9 Å². The van der Waals surface area contributed by atoms with Gasteiger partial charge in [0, 0.05) is 6.08 Å². The first kappa shape index (κ1) is 17.5. The molecule has 0 aliphatic heterocycles. The van der Waals surface area contributed by atoms with Crippen LogP contribution in [0.1, 0.15) is 30.5 Å². The van der Waals surface area contributed by atoms with E-state index in [-0.39, 0.29) is 6.61 Å². The average Bonchev–Trinajstić information content (AvgIpc) is 2.59. The Hall–Kier alpha value is -2.88. The highest BCUT2D eigenvalue weighted by Gasteiger charge is 2.29. The zero-order chi connectivity index (χ0) is 17.6. The van der Waals surface area contributed by atoms with Gasteiger partial charge in [-0.1, -0.05) is 54.6 Å². The van der Waals surface area contributed by atoms with Gasteiger partial charge in [-0.3, -0.25) is 4.79 Å². The summed E-state index contributed by atoms with van der Waals surface area (Å²) in [5.74, 6) is -1.34. The molecule has 0 aromatic heterocycles. The lowest BCUT2D eigenvalue weighted by Crippen LogP contribution is -2.28. The van der Waals surface area contributed by atoms with E-state index in [0.717, 1.165) is 11.1 Å². The van der Waals surface area contributed by atoms with E-state index in [1.807, 2.05) is 36.4 Å². The van der Waals surface area contributed by atoms with Gasteiger partial charge in [-0.05, 0) is 36.6 Å². The second-order valence-electron chi connectivity index (χ2n) is 5.98. The average molecular weight is 324 g/mol. The third-order valence-electron chi connectivity index (χ3n) is 3.78. The van der Waals surface area contributed by atoms with Gasteiger partial charge in [-0.15, -0.1) is 0 Å². The SMILES string of the molecule is CC(C)(C(=O)O)c1cccc(C=CC(=O)OCc2ccccc2)c1. The molecule has 2 aromatic rings. The number of carboxylic acid groups (broad SMARTS) is 1. The second-order valence-corrected chi connectivity index (χ2v) is 5.98. The molecular formula is C20H20O4. The molecule has 4 nitrogen and oxygen atoms in total. The van der Waals surface area contributed by atoms with Crippen molar-refractivity contribution in [2.24, 2.45) is 0 Å². The van der Waals surface area contributed by atoms with Crippen molar-refractivity contribution < 1.29 is 19.4 Å². The Bertz CT molecular complexity index is 745. The predicted octanol–water partition coefficient (Wildman–Crippen LogP) is 3.81. The molecule has 2 aromatic carbocycles. The molecule has 0 aliphatic carbocycles. The van der Waals surface area contributed by atoms with E-state index >= 15 is 0 Å². The number of esters is 1. The molecule has 0 aliphatic rings. The summed E-state index contributed by atoms with van der Waals surface area (Å²) in [6.45, 7) is 3.51. The molecule has 0 fully saturated rings. The number of rotatable bonds is 6. The van der Waals surface area contributed by atoms with Gasteiger partial charge in [0.15, 0.2) is 0 Å². The van der Waals surface area contributed by atoms with Gasteiger partial charge in [0.2, 0.25) is 0 Å². The molecule has 2 rings (SSSR count). The van der Waals surface area contributed by atoms with E-state index in [2.05, 4.69) is 0 Å². The van der Waals surface area contributed by atoms with Crippen LogP contribution in [-0.4, -0.2) is 17.0 Å². The molecule has 0 amide bonds. The molecule has 124 valence electrons. The number of ether oxygens (including phenoxy) is 1. The molecule has 0 heterocycles. The molecule has 0 radical (unpaired) electrons. The molecule has 24 heavy (non-hydrogen) atoms. The van der Waals surface area contributed by atoms with Gasteiger partial charge in [-0.2, -0.15) is 0 Å². The molecule has 0 atom stereocenters. The Kier molecular flexibility index (Phi) is 5.53. The number of carbonyl (C=O) groups excluding carboxylic acids is 1. The Balaban J connectivity index is 2.01. The van der Waals surface area contributed by atoms with Crippen molar-refractivity contribution in [1.29, 1.82) is 0 Å². The molecule has 1 N–H and O–H groups in total. The lowest BCUT2D eigenvalue weighted by atomic mass is 9.84. The summed E-state index contributed by atoms with van der Waals surface area (Å²) < 4.78 is 5.17. The second kappa shape index (κ2) is 7.59. The summed E-state index contributed by atoms with van der Waals surface area (Å²) in [6.07, 6.45) is 2.96. The van der Waals surface area contributed by atoms with Gasteiger partial charge < -0.3 is 9.84 Å². The maximum absolute atomic E-state index is 11.8. The largest absolute Gasteiger partial charge is 0.481 e. The van der Waals surface area contributed by atoms with Gasteiger partial charge in [0.25, 0.3) is 0 Å². The number of benzene rings is 2. The number of aliphatic carboxylic acids is 1. The van der Waals surface area contributed by atoms with Crippen LogP contribution in [0.2, 0.25) is 0 Å². The van der Waals surface area contributed by atoms with Crippen LogP contribution in [0.5, 0.6) is 0 Å². The molecular weight excluding hydrogens is 304 g/mol. The number of carboxylic acids is 1. The zero-order valence-electron chi connectivity index (χ0n) is 13.7. The number of carbonyl (C=O) groups is 2. The van der Waals surface area contributed by atoms with Crippen LogP contribution < -0.4 is 0 Å². The van der Waals surface area contributed by atoms with E-state index in [9.17, 15) is 14.7 Å². The molecule has 0 bridgehead atoms. The van der Waals surface area contributed by atoms with Gasteiger partial charge in [0.05, 0.1) is 5.41 Å². The molecule has 0 spiro atoms. The Labute approximate surface area is 141 Å². The quantitative estimate of drug-likeness (QED) is 0.648. The molecule has 0 unspecified atom stereocenters. The maximum atomic E-state index is 11.8. The van der Waals surface area contributed by atoms with Crippen LogP contribution in [-0.2, 0) is 26.3 Å². The van der Waals surface area contributed by atoms with E-state index in [1.54, 1.807) is 38.1 Å². The van der Waals surface area contributed by atoms with Crippen molar-refractivity contribution in [1.82, 2.24) is 0 Å². The van der Waals surface area contributed by atoms with E-state index in [0.29, 0.717) is 5.56 Å². The Morgan fingerprint density at radius 2 is 1.79 bits per heavy atom. The number of hydrogen-bond acceptors (Lipinski definition) is 3. The summed E-state index contributed by atoms with van der Waals surface area (Å²) in [7, 11) is 0. The van der Waals surface area contributed by atoms with Crippen LogP contribution in [0, 0.1) is 0 Å². The number of hydrogen-bond donors (Lipinski definition) is 1. The first-order valence-electron chi connectivity index (χ1n) is 7.62. The van der Waals surface area contributed by atoms with Gasteiger partial charge in [0.1, 0.15) is 6.61 Å². The first-order chi connectivity index (χ1) is 11.4. The van der Waals surface area contributed by atoms with Crippen molar-refractivity contribution in [2.75, 3.05) is 0 Å². The minimum atomic E-state index is -0.988. The van der Waals surface area contributed by atoms with Crippen LogP contribution >= 0.6 is 0 Å². The molecule has 4 heteroatoms. The van der Waals surface area contributed by atoms with Crippen LogP contribution in [0.25, 0.3) is 6.08 Å². The summed E-state index contributed by atoms with van der Waals surface area (Å²) in [4.78, 5) is 23.1. The Morgan fingerprint density at radius 1 is 1.08 bits per heavy atom. The van der Waals surface area contributed by atoms with Gasteiger partial charge in [-0.25, -0.2) is 4.79 Å². The minimum Gasteiger partial charge on any atom is -0.481 e. The summed E-state index contributed by atoms with van der Waals surface area (Å²) in [6, 6.07) is 16.5. The maximum Gasteiger partial charge on any atom is 0.331 e. The first-order valence-corrected chi connectivity index (χ1v) is 7.62. The third kappa shape index (κ3) is 4.56. The lowest BCUT2D eigenvalue weighted by molar-refractivity contribution is -0.142. The fourth-order valence-corrected chi connectivity index (χ4v) is 2.10. The van der Waals surface area contributed by atoms with E-state index in [1.165, 1.54) is 6.08 Å². The topological polar surface area (TPSA) is 63.6 Å². The lowest BCUT2D eigenvalue weighted by Gasteiger charge is -2.19. The standard InChI is InChI=1S/C20H20O4/c1-20(2,19(22)23)17-10-6-9-15(13-17)11-12-18(21)24-14-16-7-4-3-5-8-16/h3-13H,14H2,1-2H3,(H,22,23). The van der Waals surface area contributed by atoms with E-state index < -0.39 is 17.4 Å². The third-order valence-corrected chi connectivity index (χ3v) is 3.78. The smallest absolute Gasteiger partial charge is 0.331 e. The van der Waals surface area contributed by atoms with Crippen molar-refractivity contribution >= 4 is 18.0 Å². The van der Waals surface area contributed by atoms with Crippen molar-refractivity contribution in [3.63, 3.8) is 0 Å². The summed E-state index contributed by atoms with van der Waals surface area (Å²) in [5, 5.41) is 9.29. The molecule has 0 saturated heterocycles. The Morgan fingerprint density at radius 3 is 2.46 bits per heavy atom.